The van der Waals surface area contributed by atoms with Gasteiger partial charge >= 0.3 is 0 Å². The fourth-order valence-corrected chi connectivity index (χ4v) is 3.39. The van der Waals surface area contributed by atoms with Gasteiger partial charge in [-0.05, 0) is 35.3 Å². The zero-order chi connectivity index (χ0) is 19.7. The second-order valence-electron chi connectivity index (χ2n) is 6.37. The van der Waals surface area contributed by atoms with Gasteiger partial charge in [0.1, 0.15) is 11.5 Å². The van der Waals surface area contributed by atoms with Gasteiger partial charge in [-0.15, -0.1) is 0 Å². The zero-order valence-corrected chi connectivity index (χ0v) is 15.5. The normalized spacial score (nSPS) is 12.6. The maximum absolute atomic E-state index is 13.0. The van der Waals surface area contributed by atoms with Crippen LogP contribution in [-0.4, -0.2) is 26.9 Å². The van der Waals surface area contributed by atoms with Crippen molar-refractivity contribution in [2.75, 3.05) is 0 Å². The predicted molar refractivity (Wildman–Crippen MR) is 102 cm³/mol. The smallest absolute Gasteiger partial charge is 0.258 e. The number of aromatic hydroxyl groups is 2. The Labute approximate surface area is 161 Å². The quantitative estimate of drug-likeness (QED) is 0.704. The van der Waals surface area contributed by atoms with Crippen molar-refractivity contribution in [3.05, 3.63) is 69.8 Å². The van der Waals surface area contributed by atoms with Crippen LogP contribution in [0.2, 0.25) is 5.02 Å². The molecule has 0 bridgehead atoms. The highest BCUT2D eigenvalue weighted by Gasteiger charge is 2.29. The minimum atomic E-state index is -0.371. The third kappa shape index (κ3) is 3.48. The summed E-state index contributed by atoms with van der Waals surface area (Å²) >= 11 is 6.02. The molecule has 0 atom stereocenters. The topological polar surface area (TPSA) is 89.9 Å². The van der Waals surface area contributed by atoms with Crippen LogP contribution in [-0.2, 0) is 24.4 Å². The van der Waals surface area contributed by atoms with E-state index in [1.807, 2.05) is 18.2 Å². The Hall–Kier alpha value is -2.99. The molecule has 0 aromatic heterocycles. The van der Waals surface area contributed by atoms with Crippen LogP contribution in [0.1, 0.15) is 32.6 Å². The lowest BCUT2D eigenvalue weighted by molar-refractivity contribution is -0.116. The number of halogens is 1. The van der Waals surface area contributed by atoms with E-state index in [0.29, 0.717) is 25.2 Å². The van der Waals surface area contributed by atoms with E-state index in [1.54, 1.807) is 11.8 Å². The number of nitrogens with zero attached hydrogens (tertiary/aromatic N) is 1. The molecule has 0 fully saturated rings. The lowest BCUT2D eigenvalue weighted by atomic mass is 10.0. The number of amides is 2. The molecule has 0 spiro atoms. The second-order valence-corrected chi connectivity index (χ2v) is 6.74. The van der Waals surface area contributed by atoms with E-state index in [9.17, 15) is 19.8 Å². The number of phenols is 2. The van der Waals surface area contributed by atoms with Gasteiger partial charge in [-0.2, -0.15) is 0 Å². The van der Waals surface area contributed by atoms with E-state index < -0.39 is 0 Å². The number of fused-ring (bicyclic) bond motifs is 1. The van der Waals surface area contributed by atoms with Crippen molar-refractivity contribution in [3.63, 3.8) is 0 Å². The van der Waals surface area contributed by atoms with E-state index in [-0.39, 0.29) is 33.9 Å². The molecule has 1 aliphatic rings. The number of benzene rings is 2. The van der Waals surface area contributed by atoms with Crippen LogP contribution < -0.4 is 5.32 Å². The van der Waals surface area contributed by atoms with Crippen LogP contribution in [0.15, 0.2) is 36.9 Å². The Kier molecular flexibility index (Phi) is 5.10. The first-order valence-corrected chi connectivity index (χ1v) is 8.71. The average Bonchev–Trinajstić information content (AvgIpc) is 3.09. The van der Waals surface area contributed by atoms with Crippen LogP contribution in [0.3, 0.4) is 0 Å². The van der Waals surface area contributed by atoms with E-state index in [0.717, 1.165) is 22.8 Å². The maximum atomic E-state index is 13.0. The number of carbonyl (C=O) groups excluding carboxylic acids is 2. The molecule has 1 aliphatic heterocycles. The Morgan fingerprint density at radius 3 is 2.74 bits per heavy atom. The number of hydrogen-bond donors (Lipinski definition) is 3. The average molecular weight is 387 g/mol. The van der Waals surface area contributed by atoms with Gasteiger partial charge in [0.05, 0.1) is 10.6 Å². The number of carbonyl (C=O) groups is 2. The lowest BCUT2D eigenvalue weighted by Gasteiger charge is -2.19. The van der Waals surface area contributed by atoms with Crippen LogP contribution in [0.25, 0.3) is 0 Å². The summed E-state index contributed by atoms with van der Waals surface area (Å²) in [5, 5.41) is 22.6. The highest BCUT2D eigenvalue weighted by molar-refractivity contribution is 6.33. The van der Waals surface area contributed by atoms with Gasteiger partial charge in [-0.1, -0.05) is 36.4 Å². The van der Waals surface area contributed by atoms with Crippen LogP contribution in [0.5, 0.6) is 11.5 Å². The molecule has 0 saturated heterocycles. The SMILES string of the molecule is C=CC(=O)NCc1cccc2c1CN(C(=O)c1c(O)cc(O)c(Cl)c1C)C2. The molecule has 3 N–H and O–H groups in total. The number of hydrogen-bond acceptors (Lipinski definition) is 4. The Morgan fingerprint density at radius 2 is 2.04 bits per heavy atom. The number of phenolic OH excluding ortho intramolecular Hbond substituents is 2. The summed E-state index contributed by atoms with van der Waals surface area (Å²) in [7, 11) is 0. The third-order valence-electron chi connectivity index (χ3n) is 4.68. The van der Waals surface area contributed by atoms with Crippen molar-refractivity contribution in [2.24, 2.45) is 0 Å². The van der Waals surface area contributed by atoms with Crippen molar-refractivity contribution in [2.45, 2.75) is 26.6 Å². The molecule has 6 nitrogen and oxygen atoms in total. The van der Waals surface area contributed by atoms with Crippen molar-refractivity contribution in [3.8, 4) is 11.5 Å². The summed E-state index contributed by atoms with van der Waals surface area (Å²) in [5.74, 6) is -1.22. The van der Waals surface area contributed by atoms with Crippen molar-refractivity contribution in [1.82, 2.24) is 10.2 Å². The molecule has 140 valence electrons. The van der Waals surface area contributed by atoms with Crippen molar-refractivity contribution in [1.29, 1.82) is 0 Å². The van der Waals surface area contributed by atoms with E-state index in [4.69, 9.17) is 11.6 Å². The maximum Gasteiger partial charge on any atom is 0.258 e. The highest BCUT2D eigenvalue weighted by atomic mass is 35.5. The van der Waals surface area contributed by atoms with Gasteiger partial charge in [0.25, 0.3) is 5.91 Å². The summed E-state index contributed by atoms with van der Waals surface area (Å²) in [6, 6.07) is 6.78. The second kappa shape index (κ2) is 7.32. The van der Waals surface area contributed by atoms with E-state index in [2.05, 4.69) is 11.9 Å². The van der Waals surface area contributed by atoms with Gasteiger partial charge in [0.2, 0.25) is 5.91 Å². The Morgan fingerprint density at radius 1 is 1.30 bits per heavy atom. The largest absolute Gasteiger partial charge is 0.507 e. The van der Waals surface area contributed by atoms with Gasteiger partial charge in [-0.3, -0.25) is 9.59 Å². The van der Waals surface area contributed by atoms with Gasteiger partial charge in [0.15, 0.2) is 0 Å². The fourth-order valence-electron chi connectivity index (χ4n) is 3.24. The summed E-state index contributed by atoms with van der Waals surface area (Å²) in [4.78, 5) is 26.0. The monoisotopic (exact) mass is 386 g/mol. The molecular formula is C20H19ClN2O4. The zero-order valence-electron chi connectivity index (χ0n) is 14.8. The summed E-state index contributed by atoms with van der Waals surface area (Å²) in [6.45, 7) is 6.08. The highest BCUT2D eigenvalue weighted by Crippen LogP contribution is 2.37. The summed E-state index contributed by atoms with van der Waals surface area (Å²) < 4.78 is 0. The van der Waals surface area contributed by atoms with E-state index >= 15 is 0 Å². The van der Waals surface area contributed by atoms with E-state index in [1.165, 1.54) is 6.08 Å². The summed E-state index contributed by atoms with van der Waals surface area (Å²) in [6.07, 6.45) is 1.21. The first-order chi connectivity index (χ1) is 12.8. The first kappa shape index (κ1) is 18.8. The molecule has 0 unspecified atom stereocenters. The van der Waals surface area contributed by atoms with Gasteiger partial charge < -0.3 is 20.4 Å². The number of rotatable bonds is 4. The molecule has 2 aromatic carbocycles. The van der Waals surface area contributed by atoms with Crippen LogP contribution >= 0.6 is 11.6 Å². The minimum absolute atomic E-state index is 0.0423. The van der Waals surface area contributed by atoms with Crippen LogP contribution in [0.4, 0.5) is 0 Å². The molecule has 3 rings (SSSR count). The molecule has 2 aromatic rings. The Balaban J connectivity index is 1.87. The predicted octanol–water partition coefficient (Wildman–Crippen LogP) is 3.02. The van der Waals surface area contributed by atoms with Crippen molar-refractivity contribution < 1.29 is 19.8 Å². The molecule has 0 radical (unpaired) electrons. The van der Waals surface area contributed by atoms with Gasteiger partial charge in [0, 0.05) is 25.7 Å². The molecule has 1 heterocycles. The lowest BCUT2D eigenvalue weighted by Crippen LogP contribution is -2.26. The molecule has 0 saturated carbocycles. The Bertz CT molecular complexity index is 955. The molecule has 27 heavy (non-hydrogen) atoms. The summed E-state index contributed by atoms with van der Waals surface area (Å²) in [5.41, 5.74) is 3.27. The third-order valence-corrected chi connectivity index (χ3v) is 5.16. The number of nitrogens with one attached hydrogen (secondary N) is 1. The molecule has 0 aliphatic carbocycles. The molecular weight excluding hydrogens is 368 g/mol. The van der Waals surface area contributed by atoms with Crippen molar-refractivity contribution >= 4 is 23.4 Å². The molecule has 7 heteroatoms. The van der Waals surface area contributed by atoms with Crippen LogP contribution in [0, 0.1) is 6.92 Å². The standard InChI is InChI=1S/C20H19ClN2O4/c1-3-17(26)22-8-12-5-4-6-13-9-23(10-14(12)13)20(27)18-11(2)19(21)16(25)7-15(18)24/h3-7,24-25H,1,8-10H2,2H3,(H,22,26). The minimum Gasteiger partial charge on any atom is -0.507 e. The molecule has 2 amide bonds. The first-order valence-electron chi connectivity index (χ1n) is 8.33. The van der Waals surface area contributed by atoms with Gasteiger partial charge in [-0.25, -0.2) is 0 Å². The fraction of sp³-hybridized carbons (Fsp3) is 0.200.